The first-order chi connectivity index (χ1) is 8.38. The number of anilines is 1. The Morgan fingerprint density at radius 1 is 1.39 bits per heavy atom. The summed E-state index contributed by atoms with van der Waals surface area (Å²) in [6, 6.07) is 5.42. The van der Waals surface area contributed by atoms with Crippen molar-refractivity contribution in [3.63, 3.8) is 0 Å². The van der Waals surface area contributed by atoms with Gasteiger partial charge in [-0.05, 0) is 53.3 Å². The lowest BCUT2D eigenvalue weighted by molar-refractivity contribution is -0.137. The largest absolute Gasteiger partial charge is 0.481 e. The van der Waals surface area contributed by atoms with Crippen LogP contribution in [0.25, 0.3) is 0 Å². The van der Waals surface area contributed by atoms with Gasteiger partial charge in [-0.1, -0.05) is 0 Å². The van der Waals surface area contributed by atoms with Crippen LogP contribution in [0.3, 0.4) is 0 Å². The molecule has 18 heavy (non-hydrogen) atoms. The van der Waals surface area contributed by atoms with Crippen LogP contribution in [0.5, 0.6) is 0 Å². The lowest BCUT2D eigenvalue weighted by atomic mass is 10.2. The van der Waals surface area contributed by atoms with E-state index >= 15 is 0 Å². The molecule has 0 aliphatic carbocycles. The van der Waals surface area contributed by atoms with E-state index in [1.165, 1.54) is 4.90 Å². The first kappa shape index (κ1) is 14.7. The van der Waals surface area contributed by atoms with Crippen molar-refractivity contribution in [1.82, 2.24) is 4.90 Å². The number of benzene rings is 1. The van der Waals surface area contributed by atoms with Gasteiger partial charge in [0.2, 0.25) is 0 Å². The highest BCUT2D eigenvalue weighted by Gasteiger charge is 2.10. The second kappa shape index (κ2) is 6.58. The van der Waals surface area contributed by atoms with Crippen molar-refractivity contribution >= 4 is 40.3 Å². The van der Waals surface area contributed by atoms with E-state index in [1.807, 2.05) is 25.1 Å². The molecule has 0 heterocycles. The van der Waals surface area contributed by atoms with Gasteiger partial charge in [0.05, 0.1) is 6.42 Å². The molecule has 98 valence electrons. The van der Waals surface area contributed by atoms with Crippen molar-refractivity contribution in [2.24, 2.45) is 0 Å². The number of nitrogens with one attached hydrogen (secondary N) is 1. The Morgan fingerprint density at radius 2 is 2.06 bits per heavy atom. The molecule has 6 heteroatoms. The van der Waals surface area contributed by atoms with Crippen molar-refractivity contribution in [3.8, 4) is 0 Å². The molecule has 0 radical (unpaired) electrons. The smallest absolute Gasteiger partial charge is 0.321 e. The van der Waals surface area contributed by atoms with Crippen molar-refractivity contribution in [2.75, 3.05) is 18.9 Å². The normalized spacial score (nSPS) is 9.94. The van der Waals surface area contributed by atoms with Gasteiger partial charge in [0.1, 0.15) is 0 Å². The van der Waals surface area contributed by atoms with Crippen molar-refractivity contribution in [2.45, 2.75) is 13.3 Å². The van der Waals surface area contributed by atoms with Gasteiger partial charge in [0.25, 0.3) is 0 Å². The van der Waals surface area contributed by atoms with E-state index in [9.17, 15) is 9.59 Å². The molecule has 1 aromatic carbocycles. The summed E-state index contributed by atoms with van der Waals surface area (Å²) >= 11 is 2.18. The zero-order chi connectivity index (χ0) is 13.7. The zero-order valence-corrected chi connectivity index (χ0v) is 12.4. The number of aliphatic carboxylic acids is 1. The third kappa shape index (κ3) is 4.91. The Labute approximate surface area is 119 Å². The maximum absolute atomic E-state index is 11.8. The summed E-state index contributed by atoms with van der Waals surface area (Å²) in [5.74, 6) is -0.917. The second-order valence-corrected chi connectivity index (χ2v) is 5.26. The SMILES string of the molecule is Cc1cc(I)cc(NC(=O)N(C)CCC(=O)O)c1. The number of hydrogen-bond donors (Lipinski definition) is 2. The molecule has 5 nitrogen and oxygen atoms in total. The fourth-order valence-electron chi connectivity index (χ4n) is 1.39. The molecule has 2 N–H and O–H groups in total. The number of hydrogen-bond acceptors (Lipinski definition) is 2. The molecule has 0 saturated carbocycles. The maximum atomic E-state index is 11.8. The first-order valence-corrected chi connectivity index (χ1v) is 6.47. The van der Waals surface area contributed by atoms with E-state index in [2.05, 4.69) is 27.9 Å². The van der Waals surface area contributed by atoms with Crippen molar-refractivity contribution < 1.29 is 14.7 Å². The maximum Gasteiger partial charge on any atom is 0.321 e. The van der Waals surface area contributed by atoms with E-state index < -0.39 is 5.97 Å². The number of amides is 2. The molecule has 0 aromatic heterocycles. The number of aryl methyl sites for hydroxylation is 1. The minimum Gasteiger partial charge on any atom is -0.481 e. The van der Waals surface area contributed by atoms with Gasteiger partial charge in [0, 0.05) is 22.8 Å². The molecule has 0 unspecified atom stereocenters. The van der Waals surface area contributed by atoms with Crippen LogP contribution < -0.4 is 5.32 Å². The van der Waals surface area contributed by atoms with E-state index in [0.29, 0.717) is 5.69 Å². The Hall–Kier alpha value is -1.31. The summed E-state index contributed by atoms with van der Waals surface area (Å²) in [5.41, 5.74) is 1.77. The summed E-state index contributed by atoms with van der Waals surface area (Å²) < 4.78 is 1.04. The molecular weight excluding hydrogens is 347 g/mol. The Morgan fingerprint density at radius 3 is 2.61 bits per heavy atom. The Bertz CT molecular complexity index is 442. The minimum absolute atomic E-state index is 0.0602. The quantitative estimate of drug-likeness (QED) is 0.809. The molecule has 0 bridgehead atoms. The Balaban J connectivity index is 2.60. The summed E-state index contributed by atoms with van der Waals surface area (Å²) in [7, 11) is 1.57. The third-order valence-electron chi connectivity index (χ3n) is 2.30. The molecule has 0 aliphatic heterocycles. The van der Waals surface area contributed by atoms with Crippen LogP contribution in [0.15, 0.2) is 18.2 Å². The van der Waals surface area contributed by atoms with Gasteiger partial charge in [-0.15, -0.1) is 0 Å². The Kier molecular flexibility index (Phi) is 5.39. The average molecular weight is 362 g/mol. The molecule has 0 aliphatic rings. The highest BCUT2D eigenvalue weighted by Crippen LogP contribution is 2.16. The van der Waals surface area contributed by atoms with Crippen molar-refractivity contribution in [3.05, 3.63) is 27.3 Å². The summed E-state index contributed by atoms with van der Waals surface area (Å²) in [5, 5.41) is 11.3. The minimum atomic E-state index is -0.917. The van der Waals surface area contributed by atoms with Gasteiger partial charge in [-0.25, -0.2) is 4.79 Å². The lowest BCUT2D eigenvalue weighted by Gasteiger charge is -2.17. The predicted molar refractivity (Wildman–Crippen MR) is 77.8 cm³/mol. The molecule has 1 aromatic rings. The molecule has 0 fully saturated rings. The van der Waals surface area contributed by atoms with Gasteiger partial charge >= 0.3 is 12.0 Å². The average Bonchev–Trinajstić information content (AvgIpc) is 2.24. The van der Waals surface area contributed by atoms with Crippen LogP contribution >= 0.6 is 22.6 Å². The molecule has 1 rings (SSSR count). The van der Waals surface area contributed by atoms with Gasteiger partial charge in [0.15, 0.2) is 0 Å². The molecule has 0 spiro atoms. The number of urea groups is 1. The number of carboxylic acids is 1. The topological polar surface area (TPSA) is 69.6 Å². The molecule has 2 amide bonds. The summed E-state index contributed by atoms with van der Waals surface area (Å²) in [4.78, 5) is 23.5. The number of carboxylic acid groups (broad SMARTS) is 1. The van der Waals surface area contributed by atoms with Crippen LogP contribution in [0, 0.1) is 10.5 Å². The second-order valence-electron chi connectivity index (χ2n) is 4.01. The number of carbonyl (C=O) groups excluding carboxylic acids is 1. The first-order valence-electron chi connectivity index (χ1n) is 5.39. The molecular formula is C12H15IN2O3. The summed E-state index contributed by atoms with van der Waals surface area (Å²) in [6.45, 7) is 2.13. The van der Waals surface area contributed by atoms with E-state index in [-0.39, 0.29) is 19.0 Å². The van der Waals surface area contributed by atoms with Crippen LogP contribution in [0.1, 0.15) is 12.0 Å². The highest BCUT2D eigenvalue weighted by atomic mass is 127. The number of nitrogens with zero attached hydrogens (tertiary/aromatic N) is 1. The van der Waals surface area contributed by atoms with Crippen LogP contribution in [0.4, 0.5) is 10.5 Å². The van der Waals surface area contributed by atoms with Gasteiger partial charge in [-0.2, -0.15) is 0 Å². The number of carbonyl (C=O) groups is 2. The molecule has 0 atom stereocenters. The van der Waals surface area contributed by atoms with Crippen LogP contribution in [0.2, 0.25) is 0 Å². The van der Waals surface area contributed by atoms with Crippen LogP contribution in [-0.2, 0) is 4.79 Å². The van der Waals surface area contributed by atoms with Gasteiger partial charge < -0.3 is 15.3 Å². The predicted octanol–water partition coefficient (Wildman–Crippen LogP) is 2.54. The van der Waals surface area contributed by atoms with E-state index in [4.69, 9.17) is 5.11 Å². The fraction of sp³-hybridized carbons (Fsp3) is 0.333. The lowest BCUT2D eigenvalue weighted by Crippen LogP contribution is -2.33. The van der Waals surface area contributed by atoms with Crippen molar-refractivity contribution in [1.29, 1.82) is 0 Å². The highest BCUT2D eigenvalue weighted by molar-refractivity contribution is 14.1. The van der Waals surface area contributed by atoms with E-state index in [0.717, 1.165) is 9.13 Å². The van der Waals surface area contributed by atoms with E-state index in [1.54, 1.807) is 7.05 Å². The fourth-order valence-corrected chi connectivity index (χ4v) is 2.22. The van der Waals surface area contributed by atoms with Gasteiger partial charge in [-0.3, -0.25) is 4.79 Å². The number of halogens is 1. The third-order valence-corrected chi connectivity index (χ3v) is 2.92. The standard InChI is InChI=1S/C12H15IN2O3/c1-8-5-9(13)7-10(6-8)14-12(18)15(2)4-3-11(16)17/h5-7H,3-4H2,1-2H3,(H,14,18)(H,16,17). The molecule has 0 saturated heterocycles. The zero-order valence-electron chi connectivity index (χ0n) is 10.2. The monoisotopic (exact) mass is 362 g/mol. The summed E-state index contributed by atoms with van der Waals surface area (Å²) in [6.07, 6.45) is -0.0602. The number of rotatable bonds is 4. The van der Waals surface area contributed by atoms with Crippen LogP contribution in [-0.4, -0.2) is 35.6 Å².